The normalized spacial score (nSPS) is 41.0. The maximum Gasteiger partial charge on any atom is 0.335 e. The lowest BCUT2D eigenvalue weighted by Gasteiger charge is -2.38. The number of hydrogen-bond donors (Lipinski definition) is 1. The Morgan fingerprint density at radius 2 is 1.76 bits per heavy atom. The maximum absolute atomic E-state index is 10.9. The van der Waals surface area contributed by atoms with Gasteiger partial charge in [-0.15, -0.1) is 0 Å². The third-order valence-corrected chi connectivity index (χ3v) is 5.27. The number of carbonyl (C=O) groups is 1. The number of aromatic carboxylic acids is 1. The molecule has 7 heteroatoms. The van der Waals surface area contributed by atoms with Gasteiger partial charge in [-0.3, -0.25) is 0 Å². The minimum Gasteiger partial charge on any atom is -0.478 e. The molecule has 6 atom stereocenters. The summed E-state index contributed by atoms with van der Waals surface area (Å²) in [4.78, 5) is 10.9. The second-order valence-electron chi connectivity index (χ2n) is 6.16. The smallest absolute Gasteiger partial charge is 0.335 e. The van der Waals surface area contributed by atoms with Gasteiger partial charge in [0.15, 0.2) is 0 Å². The molecule has 0 spiro atoms. The van der Waals surface area contributed by atoms with Crippen LogP contribution in [0, 0.1) is 11.8 Å². The van der Waals surface area contributed by atoms with Gasteiger partial charge in [0.25, 0.3) is 0 Å². The first-order valence-electron chi connectivity index (χ1n) is 7.17. The van der Waals surface area contributed by atoms with Crippen molar-refractivity contribution < 1.29 is 9.90 Å². The zero-order valence-corrected chi connectivity index (χ0v) is 11.1. The van der Waals surface area contributed by atoms with Gasteiger partial charge in [0.1, 0.15) is 18.1 Å². The molecule has 106 valence electrons. The monoisotopic (exact) mass is 283 g/mol. The Labute approximate surface area is 120 Å². The van der Waals surface area contributed by atoms with Crippen molar-refractivity contribution in [3.8, 4) is 0 Å². The second-order valence-corrected chi connectivity index (χ2v) is 6.16. The summed E-state index contributed by atoms with van der Waals surface area (Å²) in [5, 5.41) is 28.2. The van der Waals surface area contributed by atoms with Crippen molar-refractivity contribution in [1.29, 1.82) is 0 Å². The van der Waals surface area contributed by atoms with E-state index in [0.717, 1.165) is 12.1 Å². The van der Waals surface area contributed by atoms with Crippen LogP contribution in [0.25, 0.3) is 0 Å². The first-order chi connectivity index (χ1) is 10.2. The van der Waals surface area contributed by atoms with Crippen LogP contribution >= 0.6 is 0 Å². The van der Waals surface area contributed by atoms with Crippen molar-refractivity contribution in [3.05, 3.63) is 29.8 Å². The zero-order valence-electron chi connectivity index (χ0n) is 11.1. The van der Waals surface area contributed by atoms with Crippen molar-refractivity contribution in [2.45, 2.75) is 30.6 Å². The van der Waals surface area contributed by atoms with E-state index in [2.05, 4.69) is 20.6 Å². The second kappa shape index (κ2) is 3.66. The molecule has 21 heavy (non-hydrogen) atoms. The van der Waals surface area contributed by atoms with Crippen LogP contribution in [0.4, 0.5) is 5.69 Å². The number of benzene rings is 1. The molecule has 2 fully saturated rings. The number of hydrogen-bond acceptors (Lipinski definition) is 6. The molecule has 2 bridgehead atoms. The molecule has 2 heterocycles. The molecule has 0 unspecified atom stereocenters. The SMILES string of the molecule is O=C(O)c1ccc(N2N=N[C@H]3[C@H]4C[C@H]([C@@H]5N=N[C@H]45)[C@H]32)cc1. The van der Waals surface area contributed by atoms with Gasteiger partial charge in [-0.2, -0.15) is 15.3 Å². The van der Waals surface area contributed by atoms with Gasteiger partial charge in [0.05, 0.1) is 17.3 Å². The van der Waals surface area contributed by atoms with Crippen LogP contribution in [0.5, 0.6) is 0 Å². The molecule has 7 nitrogen and oxygen atoms in total. The Balaban J connectivity index is 1.47. The number of nitrogens with zero attached hydrogens (tertiary/aromatic N) is 5. The Morgan fingerprint density at radius 3 is 2.43 bits per heavy atom. The highest BCUT2D eigenvalue weighted by Crippen LogP contribution is 2.56. The van der Waals surface area contributed by atoms with E-state index in [4.69, 9.17) is 5.11 Å². The van der Waals surface area contributed by atoms with Crippen LogP contribution < -0.4 is 5.01 Å². The van der Waals surface area contributed by atoms with Crippen LogP contribution in [-0.2, 0) is 0 Å². The summed E-state index contributed by atoms with van der Waals surface area (Å²) < 4.78 is 0. The molecule has 2 aliphatic heterocycles. The number of fused-ring (bicyclic) bond motifs is 8. The van der Waals surface area contributed by atoms with E-state index < -0.39 is 5.97 Å². The zero-order chi connectivity index (χ0) is 14.1. The van der Waals surface area contributed by atoms with E-state index in [0.29, 0.717) is 23.9 Å². The fraction of sp³-hybridized carbons (Fsp3) is 0.500. The molecule has 5 rings (SSSR count). The summed E-state index contributed by atoms with van der Waals surface area (Å²) in [6.45, 7) is 0. The number of azo groups is 1. The largest absolute Gasteiger partial charge is 0.478 e. The highest BCUT2D eigenvalue weighted by molar-refractivity contribution is 5.88. The molecule has 2 saturated carbocycles. The Bertz CT molecular complexity index is 685. The molecular weight excluding hydrogens is 270 g/mol. The van der Waals surface area contributed by atoms with Gasteiger partial charge in [-0.25, -0.2) is 9.80 Å². The number of carboxylic acids is 1. The van der Waals surface area contributed by atoms with Crippen molar-refractivity contribution in [2.75, 3.05) is 5.01 Å². The molecule has 0 radical (unpaired) electrons. The van der Waals surface area contributed by atoms with E-state index in [-0.39, 0.29) is 17.6 Å². The highest BCUT2D eigenvalue weighted by Gasteiger charge is 2.65. The van der Waals surface area contributed by atoms with Gasteiger partial charge < -0.3 is 5.11 Å². The van der Waals surface area contributed by atoms with Crippen LogP contribution in [0.2, 0.25) is 0 Å². The third kappa shape index (κ3) is 1.31. The molecule has 0 saturated heterocycles. The summed E-state index contributed by atoms with van der Waals surface area (Å²) in [5.41, 5.74) is 1.18. The minimum atomic E-state index is -0.917. The summed E-state index contributed by atoms with van der Waals surface area (Å²) in [6.07, 6.45) is 1.13. The van der Waals surface area contributed by atoms with Crippen LogP contribution in [0.1, 0.15) is 16.8 Å². The summed E-state index contributed by atoms with van der Waals surface area (Å²) in [6, 6.07) is 8.01. The van der Waals surface area contributed by atoms with E-state index in [1.54, 1.807) is 24.3 Å². The van der Waals surface area contributed by atoms with E-state index in [9.17, 15) is 4.79 Å². The Kier molecular flexibility index (Phi) is 1.98. The predicted octanol–water partition coefficient (Wildman–Crippen LogP) is 2.16. The fourth-order valence-corrected chi connectivity index (χ4v) is 4.32. The summed E-state index contributed by atoms with van der Waals surface area (Å²) in [5.74, 6) is 0.0336. The third-order valence-electron chi connectivity index (χ3n) is 5.27. The molecule has 2 aliphatic carbocycles. The van der Waals surface area contributed by atoms with Crippen LogP contribution in [0.15, 0.2) is 44.8 Å². The van der Waals surface area contributed by atoms with Gasteiger partial charge in [0.2, 0.25) is 0 Å². The average Bonchev–Trinajstić information content (AvgIpc) is 3.06. The first kappa shape index (κ1) is 11.4. The summed E-state index contributed by atoms with van der Waals surface area (Å²) >= 11 is 0. The average molecular weight is 283 g/mol. The lowest BCUT2D eigenvalue weighted by atomic mass is 9.82. The maximum atomic E-state index is 10.9. The lowest BCUT2D eigenvalue weighted by molar-refractivity contribution is 0.0697. The van der Waals surface area contributed by atoms with Gasteiger partial charge in [-0.1, -0.05) is 5.22 Å². The quantitative estimate of drug-likeness (QED) is 0.901. The highest BCUT2D eigenvalue weighted by atomic mass is 16.4. The number of anilines is 1. The van der Waals surface area contributed by atoms with Crippen LogP contribution in [-0.4, -0.2) is 35.2 Å². The van der Waals surface area contributed by atoms with E-state index in [1.165, 1.54) is 0 Å². The van der Waals surface area contributed by atoms with E-state index >= 15 is 0 Å². The Morgan fingerprint density at radius 1 is 1.05 bits per heavy atom. The van der Waals surface area contributed by atoms with Gasteiger partial charge in [-0.05, 0) is 30.7 Å². The molecule has 4 aliphatic rings. The summed E-state index contributed by atoms with van der Waals surface area (Å²) in [7, 11) is 0. The van der Waals surface area contributed by atoms with Gasteiger partial charge in [0, 0.05) is 11.8 Å². The standard InChI is InChI=1S/C14H13N5O2/c20-14(21)6-1-3-7(4-2-6)19-13-9-5-8(12(13)17-18-19)10-11(9)16-15-10/h1-4,8-13H,5H2,(H,20,21)/t8-,9+,10+,11-,12-,13+/m0/s1. The number of rotatable bonds is 2. The van der Waals surface area contributed by atoms with Crippen molar-refractivity contribution in [3.63, 3.8) is 0 Å². The molecule has 1 N–H and O–H groups in total. The lowest BCUT2D eigenvalue weighted by Crippen LogP contribution is -2.52. The Hall–Kier alpha value is -2.31. The van der Waals surface area contributed by atoms with Crippen molar-refractivity contribution >= 4 is 11.7 Å². The molecule has 0 amide bonds. The first-order valence-corrected chi connectivity index (χ1v) is 7.17. The van der Waals surface area contributed by atoms with Crippen LogP contribution in [0.3, 0.4) is 0 Å². The van der Waals surface area contributed by atoms with Crippen molar-refractivity contribution in [2.24, 2.45) is 32.4 Å². The molecule has 0 aromatic heterocycles. The predicted molar refractivity (Wildman–Crippen MR) is 72.3 cm³/mol. The fourth-order valence-electron chi connectivity index (χ4n) is 4.32. The van der Waals surface area contributed by atoms with Gasteiger partial charge >= 0.3 is 5.97 Å². The minimum absolute atomic E-state index is 0.217. The van der Waals surface area contributed by atoms with E-state index in [1.807, 2.05) is 5.01 Å². The number of carboxylic acid groups (broad SMARTS) is 1. The molecular formula is C14H13N5O2. The molecule has 1 aromatic carbocycles. The topological polar surface area (TPSA) is 90.0 Å². The molecule has 1 aromatic rings. The van der Waals surface area contributed by atoms with Crippen molar-refractivity contribution in [1.82, 2.24) is 0 Å².